The molecule has 6 heteroatoms. The van der Waals surface area contributed by atoms with Gasteiger partial charge in [0.2, 0.25) is 0 Å². The third-order valence-corrected chi connectivity index (χ3v) is 2.48. The number of hydrogen-bond donors (Lipinski definition) is 1. The highest BCUT2D eigenvalue weighted by Gasteiger charge is 2.36. The predicted octanol–water partition coefficient (Wildman–Crippen LogP) is 2.62. The maximum Gasteiger partial charge on any atom is 0.418 e. The lowest BCUT2D eigenvalue weighted by molar-refractivity contribution is -0.137. The molecule has 0 aliphatic carbocycles. The van der Waals surface area contributed by atoms with Crippen LogP contribution < -0.4 is 5.73 Å². The smallest absolute Gasteiger partial charge is 0.326 e. The van der Waals surface area contributed by atoms with Crippen LogP contribution in [0, 0.1) is 0 Å². The molecule has 0 atom stereocenters. The quantitative estimate of drug-likeness (QED) is 0.895. The van der Waals surface area contributed by atoms with Crippen LogP contribution in [0.3, 0.4) is 0 Å². The molecule has 2 aromatic rings. The zero-order valence-electron chi connectivity index (χ0n) is 9.28. The molecule has 0 aliphatic heterocycles. The Morgan fingerprint density at radius 2 is 1.94 bits per heavy atom. The van der Waals surface area contributed by atoms with Crippen LogP contribution in [0.4, 0.5) is 13.2 Å². The molecule has 18 heavy (non-hydrogen) atoms. The first-order chi connectivity index (χ1) is 8.54. The first kappa shape index (κ1) is 12.5. The van der Waals surface area contributed by atoms with Gasteiger partial charge >= 0.3 is 6.18 Å². The van der Waals surface area contributed by atoms with E-state index >= 15 is 0 Å². The fourth-order valence-electron chi connectivity index (χ4n) is 1.71. The van der Waals surface area contributed by atoms with Crippen molar-refractivity contribution in [1.29, 1.82) is 0 Å². The third-order valence-electron chi connectivity index (χ3n) is 2.48. The van der Waals surface area contributed by atoms with Crippen molar-refractivity contribution in [2.24, 2.45) is 5.73 Å². The largest absolute Gasteiger partial charge is 0.418 e. The number of pyridine rings is 2. The number of alkyl halides is 3. The molecule has 0 fully saturated rings. The van der Waals surface area contributed by atoms with Crippen LogP contribution in [0.15, 0.2) is 36.8 Å². The molecule has 0 unspecified atom stereocenters. The van der Waals surface area contributed by atoms with Crippen molar-refractivity contribution in [2.45, 2.75) is 12.7 Å². The third kappa shape index (κ3) is 2.33. The van der Waals surface area contributed by atoms with Crippen molar-refractivity contribution >= 4 is 0 Å². The van der Waals surface area contributed by atoms with Crippen LogP contribution in [0.1, 0.15) is 11.1 Å². The molecule has 0 spiro atoms. The van der Waals surface area contributed by atoms with E-state index in [2.05, 4.69) is 9.97 Å². The van der Waals surface area contributed by atoms with E-state index in [-0.39, 0.29) is 17.8 Å². The Balaban J connectivity index is 2.68. The van der Waals surface area contributed by atoms with Gasteiger partial charge in [-0.05, 0) is 23.8 Å². The van der Waals surface area contributed by atoms with Gasteiger partial charge in [-0.1, -0.05) is 0 Å². The molecule has 3 nitrogen and oxygen atoms in total. The summed E-state index contributed by atoms with van der Waals surface area (Å²) in [7, 11) is 0. The van der Waals surface area contributed by atoms with Crippen molar-refractivity contribution in [3.05, 3.63) is 47.9 Å². The molecule has 2 rings (SSSR count). The molecular formula is C12H10F3N3. The average molecular weight is 253 g/mol. The summed E-state index contributed by atoms with van der Waals surface area (Å²) < 4.78 is 39.2. The van der Waals surface area contributed by atoms with E-state index in [4.69, 9.17) is 5.73 Å². The molecule has 0 saturated carbocycles. The number of nitrogens with zero attached hydrogens (tertiary/aromatic N) is 2. The molecule has 0 radical (unpaired) electrons. The van der Waals surface area contributed by atoms with Gasteiger partial charge in [0, 0.05) is 30.7 Å². The number of aromatic nitrogens is 2. The lowest BCUT2D eigenvalue weighted by Gasteiger charge is -2.15. The Kier molecular flexibility index (Phi) is 3.29. The molecular weight excluding hydrogens is 243 g/mol. The normalized spacial score (nSPS) is 11.6. The summed E-state index contributed by atoms with van der Waals surface area (Å²) in [6.45, 7) is -0.190. The Hall–Kier alpha value is -1.95. The van der Waals surface area contributed by atoms with Crippen LogP contribution in [0.25, 0.3) is 11.3 Å². The van der Waals surface area contributed by atoms with Crippen LogP contribution in [0.5, 0.6) is 0 Å². The van der Waals surface area contributed by atoms with E-state index in [1.54, 1.807) is 6.07 Å². The highest BCUT2D eigenvalue weighted by atomic mass is 19.4. The van der Waals surface area contributed by atoms with Crippen molar-refractivity contribution < 1.29 is 13.2 Å². The second kappa shape index (κ2) is 4.73. The van der Waals surface area contributed by atoms with E-state index in [0.717, 1.165) is 0 Å². The van der Waals surface area contributed by atoms with Crippen molar-refractivity contribution in [1.82, 2.24) is 9.97 Å². The SMILES string of the molecule is NCc1ccnc(-c2cccnc2)c1C(F)(F)F. The van der Waals surface area contributed by atoms with E-state index in [1.807, 2.05) is 0 Å². The summed E-state index contributed by atoms with van der Waals surface area (Å²) >= 11 is 0. The second-order valence-corrected chi connectivity index (χ2v) is 3.64. The lowest BCUT2D eigenvalue weighted by atomic mass is 10.0. The van der Waals surface area contributed by atoms with Gasteiger partial charge in [-0.3, -0.25) is 9.97 Å². The molecule has 2 N–H and O–H groups in total. The zero-order chi connectivity index (χ0) is 13.2. The van der Waals surface area contributed by atoms with Gasteiger partial charge < -0.3 is 5.73 Å². The van der Waals surface area contributed by atoms with E-state index in [9.17, 15) is 13.2 Å². The summed E-state index contributed by atoms with van der Waals surface area (Å²) in [5.41, 5.74) is 4.76. The van der Waals surface area contributed by atoms with Crippen LogP contribution in [-0.4, -0.2) is 9.97 Å². The number of hydrogen-bond acceptors (Lipinski definition) is 3. The van der Waals surface area contributed by atoms with Crippen LogP contribution in [0.2, 0.25) is 0 Å². The summed E-state index contributed by atoms with van der Waals surface area (Å²) in [5.74, 6) is 0. The summed E-state index contributed by atoms with van der Waals surface area (Å²) in [4.78, 5) is 7.61. The second-order valence-electron chi connectivity index (χ2n) is 3.64. The fraction of sp³-hybridized carbons (Fsp3) is 0.167. The maximum absolute atomic E-state index is 13.1. The molecule has 94 valence electrons. The minimum atomic E-state index is -4.49. The molecule has 2 heterocycles. The van der Waals surface area contributed by atoms with Gasteiger partial charge in [-0.2, -0.15) is 13.2 Å². The summed E-state index contributed by atoms with van der Waals surface area (Å²) in [5, 5.41) is 0. The Labute approximate surface area is 101 Å². The van der Waals surface area contributed by atoms with Crippen LogP contribution >= 0.6 is 0 Å². The van der Waals surface area contributed by atoms with Crippen molar-refractivity contribution in [2.75, 3.05) is 0 Å². The first-order valence-electron chi connectivity index (χ1n) is 5.19. The minimum absolute atomic E-state index is 0.0244. The summed E-state index contributed by atoms with van der Waals surface area (Å²) in [6, 6.07) is 4.37. The van der Waals surface area contributed by atoms with Gasteiger partial charge in [-0.15, -0.1) is 0 Å². The number of nitrogens with two attached hydrogens (primary N) is 1. The molecule has 0 amide bonds. The highest BCUT2D eigenvalue weighted by Crippen LogP contribution is 2.37. The number of halogens is 3. The summed E-state index contributed by atoms with van der Waals surface area (Å²) in [6.07, 6.45) is -0.338. The van der Waals surface area contributed by atoms with E-state index in [1.165, 1.54) is 30.7 Å². The molecule has 0 aromatic carbocycles. The van der Waals surface area contributed by atoms with Gasteiger partial charge in [-0.25, -0.2) is 0 Å². The average Bonchev–Trinajstić information content (AvgIpc) is 2.38. The number of rotatable bonds is 2. The van der Waals surface area contributed by atoms with Gasteiger partial charge in [0.15, 0.2) is 0 Å². The molecule has 0 bridgehead atoms. The minimum Gasteiger partial charge on any atom is -0.326 e. The van der Waals surface area contributed by atoms with Crippen molar-refractivity contribution in [3.8, 4) is 11.3 Å². The van der Waals surface area contributed by atoms with Gasteiger partial charge in [0.25, 0.3) is 0 Å². The van der Waals surface area contributed by atoms with E-state index in [0.29, 0.717) is 5.56 Å². The first-order valence-corrected chi connectivity index (χ1v) is 5.19. The fourth-order valence-corrected chi connectivity index (χ4v) is 1.71. The lowest BCUT2D eigenvalue weighted by Crippen LogP contribution is -2.14. The Morgan fingerprint density at radius 1 is 1.17 bits per heavy atom. The van der Waals surface area contributed by atoms with E-state index < -0.39 is 11.7 Å². The van der Waals surface area contributed by atoms with Gasteiger partial charge in [0.05, 0.1) is 11.3 Å². The highest BCUT2D eigenvalue weighted by molar-refractivity contribution is 5.64. The van der Waals surface area contributed by atoms with Crippen LogP contribution in [-0.2, 0) is 12.7 Å². The standard InChI is InChI=1S/C12H10F3N3/c13-12(14,15)10-8(6-16)3-5-18-11(10)9-2-1-4-17-7-9/h1-5,7H,6,16H2. The van der Waals surface area contributed by atoms with Crippen molar-refractivity contribution in [3.63, 3.8) is 0 Å². The Morgan fingerprint density at radius 3 is 2.50 bits per heavy atom. The monoisotopic (exact) mass is 253 g/mol. The Bertz CT molecular complexity index is 538. The molecule has 0 aliphatic rings. The van der Waals surface area contributed by atoms with Gasteiger partial charge in [0.1, 0.15) is 0 Å². The topological polar surface area (TPSA) is 51.8 Å². The zero-order valence-corrected chi connectivity index (χ0v) is 9.28. The molecule has 0 saturated heterocycles. The molecule has 2 aromatic heterocycles. The predicted molar refractivity (Wildman–Crippen MR) is 60.4 cm³/mol. The maximum atomic E-state index is 13.1.